The summed E-state index contributed by atoms with van der Waals surface area (Å²) in [5.41, 5.74) is -0.00909. The molecule has 0 saturated heterocycles. The highest BCUT2D eigenvalue weighted by atomic mass is 79.9. The van der Waals surface area contributed by atoms with E-state index < -0.39 is 11.9 Å². The maximum absolute atomic E-state index is 12.4. The molecule has 0 aliphatic carbocycles. The molecule has 3 rings (SSSR count). The Bertz CT molecular complexity index is 1220. The zero-order chi connectivity index (χ0) is 23.6. The van der Waals surface area contributed by atoms with E-state index in [1.165, 1.54) is 18.2 Å². The molecule has 32 heavy (non-hydrogen) atoms. The molecule has 0 aliphatic rings. The lowest BCUT2D eigenvalue weighted by Crippen LogP contribution is -2.34. The molecule has 12 heteroatoms. The number of urea groups is 1. The Labute approximate surface area is 220 Å². The number of carbonyl (C=O) groups is 2. The van der Waals surface area contributed by atoms with E-state index in [1.807, 2.05) is 0 Å². The van der Waals surface area contributed by atoms with Crippen LogP contribution in [0.1, 0.15) is 10.4 Å². The first-order valence-electron chi connectivity index (χ1n) is 8.45. The zero-order valence-electron chi connectivity index (χ0n) is 15.4. The summed E-state index contributed by atoms with van der Waals surface area (Å²) in [6, 6.07) is 9.77. The van der Waals surface area contributed by atoms with Gasteiger partial charge in [-0.15, -0.1) is 0 Å². The van der Waals surface area contributed by atoms with Gasteiger partial charge in [0.2, 0.25) is 0 Å². The van der Waals surface area contributed by atoms with E-state index in [0.717, 1.165) is 0 Å². The second-order valence-electron chi connectivity index (χ2n) is 6.04. The van der Waals surface area contributed by atoms with Crippen molar-refractivity contribution in [2.24, 2.45) is 0 Å². The highest BCUT2D eigenvalue weighted by Crippen LogP contribution is 2.46. The number of ether oxygens (including phenoxy) is 1. The van der Waals surface area contributed by atoms with E-state index in [9.17, 15) is 9.59 Å². The van der Waals surface area contributed by atoms with Crippen LogP contribution in [0.4, 0.5) is 10.5 Å². The van der Waals surface area contributed by atoms with Crippen LogP contribution in [0.25, 0.3) is 0 Å². The van der Waals surface area contributed by atoms with Crippen molar-refractivity contribution in [3.63, 3.8) is 0 Å². The maximum Gasteiger partial charge on any atom is 0.326 e. The first-order valence-corrected chi connectivity index (χ1v) is 11.5. The largest absolute Gasteiger partial charge is 0.453 e. The van der Waals surface area contributed by atoms with E-state index >= 15 is 0 Å². The van der Waals surface area contributed by atoms with Gasteiger partial charge >= 0.3 is 6.03 Å². The standard InChI is InChI=1S/C20H9BrCl6N2O3/c21-9-6-8(22)4-5-14(9)32-18-12(25)7-13(16(26)17(18)27)28-20(31)29-19(30)15-10(23)2-1-3-11(15)24/h1-7H,(H2,28,29,30,31). The second-order valence-corrected chi connectivity index (χ2v) is 9.31. The molecule has 5 nitrogen and oxygen atoms in total. The number of rotatable bonds is 4. The highest BCUT2D eigenvalue weighted by Gasteiger charge is 2.21. The summed E-state index contributed by atoms with van der Waals surface area (Å²) in [5.74, 6) is -0.361. The van der Waals surface area contributed by atoms with Crippen molar-refractivity contribution in [3.05, 3.63) is 82.6 Å². The summed E-state index contributed by atoms with van der Waals surface area (Å²) in [4.78, 5) is 24.7. The number of halogens is 7. The van der Waals surface area contributed by atoms with Crippen LogP contribution in [0.5, 0.6) is 11.5 Å². The van der Waals surface area contributed by atoms with Gasteiger partial charge in [-0.1, -0.05) is 75.7 Å². The number of carbonyl (C=O) groups excluding carboxylic acids is 2. The van der Waals surface area contributed by atoms with Crippen LogP contribution in [0.15, 0.2) is 46.9 Å². The molecule has 0 aliphatic heterocycles. The van der Waals surface area contributed by atoms with Gasteiger partial charge in [-0.25, -0.2) is 4.79 Å². The SMILES string of the molecule is O=C(NC(=O)c1c(Cl)cccc1Cl)Nc1cc(Cl)c(Oc2ccc(Cl)cc2Br)c(Cl)c1Cl. The molecule has 2 N–H and O–H groups in total. The van der Waals surface area contributed by atoms with Gasteiger partial charge in [-0.05, 0) is 52.3 Å². The van der Waals surface area contributed by atoms with Crippen molar-refractivity contribution < 1.29 is 14.3 Å². The van der Waals surface area contributed by atoms with Crippen molar-refractivity contribution in [1.29, 1.82) is 0 Å². The number of amides is 3. The lowest BCUT2D eigenvalue weighted by Gasteiger charge is -2.15. The minimum absolute atomic E-state index is 0.0414. The summed E-state index contributed by atoms with van der Waals surface area (Å²) in [6.45, 7) is 0. The lowest BCUT2D eigenvalue weighted by atomic mass is 10.2. The number of imide groups is 1. The van der Waals surface area contributed by atoms with Crippen LogP contribution in [0.2, 0.25) is 30.1 Å². The Kier molecular flexibility index (Phi) is 8.44. The number of hydrogen-bond acceptors (Lipinski definition) is 3. The van der Waals surface area contributed by atoms with Crippen LogP contribution in [0, 0.1) is 0 Å². The second kappa shape index (κ2) is 10.7. The van der Waals surface area contributed by atoms with Gasteiger partial charge in [0.05, 0.1) is 35.8 Å². The van der Waals surface area contributed by atoms with Crippen molar-refractivity contribution in [2.75, 3.05) is 5.32 Å². The normalized spacial score (nSPS) is 10.6. The Morgan fingerprint density at radius 2 is 1.50 bits per heavy atom. The summed E-state index contributed by atoms with van der Waals surface area (Å²) < 4.78 is 6.31. The van der Waals surface area contributed by atoms with Crippen molar-refractivity contribution in [1.82, 2.24) is 5.32 Å². The average Bonchev–Trinajstić information content (AvgIpc) is 2.70. The van der Waals surface area contributed by atoms with Gasteiger partial charge in [0.25, 0.3) is 5.91 Å². The number of nitrogens with one attached hydrogen (secondary N) is 2. The van der Waals surface area contributed by atoms with E-state index in [1.54, 1.807) is 24.3 Å². The van der Waals surface area contributed by atoms with Crippen molar-refractivity contribution in [2.45, 2.75) is 0 Å². The first kappa shape index (κ1) is 25.2. The minimum Gasteiger partial charge on any atom is -0.453 e. The van der Waals surface area contributed by atoms with Gasteiger partial charge in [0, 0.05) is 5.02 Å². The van der Waals surface area contributed by atoms with Crippen molar-refractivity contribution in [3.8, 4) is 11.5 Å². The first-order chi connectivity index (χ1) is 15.1. The Morgan fingerprint density at radius 3 is 2.12 bits per heavy atom. The fraction of sp³-hybridized carbons (Fsp3) is 0. The van der Waals surface area contributed by atoms with Gasteiger partial charge < -0.3 is 10.1 Å². The molecule has 0 heterocycles. The van der Waals surface area contributed by atoms with Crippen LogP contribution in [-0.2, 0) is 0 Å². The van der Waals surface area contributed by atoms with Crippen LogP contribution < -0.4 is 15.4 Å². The Morgan fingerprint density at radius 1 is 0.844 bits per heavy atom. The van der Waals surface area contributed by atoms with E-state index in [2.05, 4.69) is 26.6 Å². The van der Waals surface area contributed by atoms with Gasteiger partial charge in [-0.3, -0.25) is 10.1 Å². The van der Waals surface area contributed by atoms with Gasteiger partial charge in [0.15, 0.2) is 5.75 Å². The average molecular weight is 618 g/mol. The molecule has 0 spiro atoms. The van der Waals surface area contributed by atoms with Gasteiger partial charge in [-0.2, -0.15) is 0 Å². The van der Waals surface area contributed by atoms with Crippen molar-refractivity contribution >= 4 is 103 Å². The van der Waals surface area contributed by atoms with E-state index in [-0.39, 0.29) is 42.1 Å². The molecule has 166 valence electrons. The topological polar surface area (TPSA) is 67.4 Å². The smallest absolute Gasteiger partial charge is 0.326 e. The molecule has 3 aromatic carbocycles. The maximum atomic E-state index is 12.4. The van der Waals surface area contributed by atoms with Crippen LogP contribution >= 0.6 is 85.5 Å². The van der Waals surface area contributed by atoms with E-state index in [4.69, 9.17) is 74.3 Å². The predicted octanol–water partition coefficient (Wildman–Crippen LogP) is 9.12. The lowest BCUT2D eigenvalue weighted by molar-refractivity contribution is 0.0967. The molecule has 0 aromatic heterocycles. The third-order valence-corrected chi connectivity index (χ3v) is 6.50. The molecule has 0 saturated carbocycles. The molecular weight excluding hydrogens is 609 g/mol. The Balaban J connectivity index is 1.80. The number of anilines is 1. The molecule has 3 amide bonds. The molecule has 0 fully saturated rings. The van der Waals surface area contributed by atoms with Crippen LogP contribution in [-0.4, -0.2) is 11.9 Å². The van der Waals surface area contributed by atoms with Crippen LogP contribution in [0.3, 0.4) is 0 Å². The molecule has 0 radical (unpaired) electrons. The third kappa shape index (κ3) is 5.75. The molecule has 0 atom stereocenters. The predicted molar refractivity (Wildman–Crippen MR) is 134 cm³/mol. The molecule has 0 bridgehead atoms. The summed E-state index contributed by atoms with van der Waals surface area (Å²) in [6.07, 6.45) is 0. The fourth-order valence-corrected chi connectivity index (χ4v) is 4.52. The fourth-order valence-electron chi connectivity index (χ4n) is 2.46. The third-order valence-electron chi connectivity index (χ3n) is 3.89. The summed E-state index contributed by atoms with van der Waals surface area (Å²) in [5, 5.41) is 5.11. The molecule has 3 aromatic rings. The summed E-state index contributed by atoms with van der Waals surface area (Å²) >= 11 is 40.1. The van der Waals surface area contributed by atoms with E-state index in [0.29, 0.717) is 15.2 Å². The Hall–Kier alpha value is -1.38. The van der Waals surface area contributed by atoms with Gasteiger partial charge in [0.1, 0.15) is 10.8 Å². The monoisotopic (exact) mass is 614 g/mol. The highest BCUT2D eigenvalue weighted by molar-refractivity contribution is 9.10. The zero-order valence-corrected chi connectivity index (χ0v) is 21.5. The quantitative estimate of drug-likeness (QED) is 0.287. The number of benzene rings is 3. The summed E-state index contributed by atoms with van der Waals surface area (Å²) in [7, 11) is 0. The molecular formula is C20H9BrCl6N2O3. The molecule has 0 unspecified atom stereocenters. The number of hydrogen-bond donors (Lipinski definition) is 2. The minimum atomic E-state index is -0.908.